The SMILES string of the molecule is CCCCC(CCc1ccccc1)C(=O)O.O=C(O)/C=C/c1ccccc1CCc1ccccc1. The minimum atomic E-state index is -0.919. The van der Waals surface area contributed by atoms with E-state index < -0.39 is 11.9 Å². The fraction of sp³-hybridized carbons (Fsp3) is 0.290. The Morgan fingerprint density at radius 3 is 1.89 bits per heavy atom. The quantitative estimate of drug-likeness (QED) is 0.276. The molecule has 0 aliphatic rings. The highest BCUT2D eigenvalue weighted by Crippen LogP contribution is 2.17. The molecule has 0 aliphatic carbocycles. The molecule has 2 N–H and O–H groups in total. The van der Waals surface area contributed by atoms with Gasteiger partial charge in [-0.3, -0.25) is 4.79 Å². The Morgan fingerprint density at radius 2 is 1.31 bits per heavy atom. The first-order valence-corrected chi connectivity index (χ1v) is 12.3. The zero-order valence-electron chi connectivity index (χ0n) is 20.5. The van der Waals surface area contributed by atoms with E-state index in [4.69, 9.17) is 10.2 Å². The third-order valence-corrected chi connectivity index (χ3v) is 5.87. The maximum Gasteiger partial charge on any atom is 0.328 e. The fourth-order valence-corrected chi connectivity index (χ4v) is 3.84. The molecule has 0 heterocycles. The third kappa shape index (κ3) is 11.3. The molecule has 35 heavy (non-hydrogen) atoms. The number of aryl methyl sites for hydroxylation is 3. The molecule has 0 saturated carbocycles. The first-order valence-electron chi connectivity index (χ1n) is 12.3. The Kier molecular flexibility index (Phi) is 12.6. The summed E-state index contributed by atoms with van der Waals surface area (Å²) < 4.78 is 0. The zero-order chi connectivity index (χ0) is 25.3. The predicted octanol–water partition coefficient (Wildman–Crippen LogP) is 7.08. The molecule has 1 unspecified atom stereocenters. The lowest BCUT2D eigenvalue weighted by molar-refractivity contribution is -0.142. The van der Waals surface area contributed by atoms with Crippen molar-refractivity contribution in [3.05, 3.63) is 113 Å². The van der Waals surface area contributed by atoms with Gasteiger partial charge in [0, 0.05) is 6.08 Å². The van der Waals surface area contributed by atoms with E-state index in [-0.39, 0.29) is 5.92 Å². The highest BCUT2D eigenvalue weighted by atomic mass is 16.4. The van der Waals surface area contributed by atoms with Crippen LogP contribution < -0.4 is 0 Å². The van der Waals surface area contributed by atoms with Crippen molar-refractivity contribution < 1.29 is 19.8 Å². The summed E-state index contributed by atoms with van der Waals surface area (Å²) in [6.07, 6.45) is 9.19. The summed E-state index contributed by atoms with van der Waals surface area (Å²) in [6.45, 7) is 2.09. The maximum atomic E-state index is 11.0. The molecule has 0 fully saturated rings. The number of carbonyl (C=O) groups is 2. The lowest BCUT2D eigenvalue weighted by Gasteiger charge is -2.11. The van der Waals surface area contributed by atoms with Crippen LogP contribution in [0.4, 0.5) is 0 Å². The van der Waals surface area contributed by atoms with Crippen LogP contribution >= 0.6 is 0 Å². The van der Waals surface area contributed by atoms with Crippen molar-refractivity contribution in [1.82, 2.24) is 0 Å². The van der Waals surface area contributed by atoms with E-state index in [1.807, 2.05) is 60.7 Å². The molecule has 4 nitrogen and oxygen atoms in total. The molecule has 3 aromatic rings. The van der Waals surface area contributed by atoms with E-state index in [1.54, 1.807) is 6.08 Å². The second-order valence-electron chi connectivity index (χ2n) is 8.56. The monoisotopic (exact) mass is 472 g/mol. The molecule has 4 heteroatoms. The van der Waals surface area contributed by atoms with Gasteiger partial charge in [-0.05, 0) is 60.4 Å². The molecular weight excluding hydrogens is 436 g/mol. The minimum Gasteiger partial charge on any atom is -0.481 e. The van der Waals surface area contributed by atoms with Crippen LogP contribution in [0.3, 0.4) is 0 Å². The van der Waals surface area contributed by atoms with E-state index in [0.717, 1.165) is 50.5 Å². The van der Waals surface area contributed by atoms with Crippen molar-refractivity contribution >= 4 is 18.0 Å². The molecule has 0 aliphatic heterocycles. The molecule has 3 aromatic carbocycles. The summed E-state index contributed by atoms with van der Waals surface area (Å²) in [6, 6.07) is 28.3. The van der Waals surface area contributed by atoms with Gasteiger partial charge in [0.2, 0.25) is 0 Å². The molecule has 0 aromatic heterocycles. The van der Waals surface area contributed by atoms with Crippen molar-refractivity contribution in [3.63, 3.8) is 0 Å². The number of aliphatic carboxylic acids is 2. The number of benzene rings is 3. The van der Waals surface area contributed by atoms with Crippen molar-refractivity contribution in [2.45, 2.75) is 51.9 Å². The second kappa shape index (κ2) is 16.0. The van der Waals surface area contributed by atoms with Crippen LogP contribution in [0.25, 0.3) is 6.08 Å². The summed E-state index contributed by atoms with van der Waals surface area (Å²) in [5.41, 5.74) is 4.66. The van der Waals surface area contributed by atoms with E-state index in [9.17, 15) is 9.59 Å². The van der Waals surface area contributed by atoms with Gasteiger partial charge in [-0.25, -0.2) is 4.79 Å². The average molecular weight is 473 g/mol. The van der Waals surface area contributed by atoms with E-state index in [2.05, 4.69) is 31.2 Å². The molecule has 1 atom stereocenters. The van der Waals surface area contributed by atoms with Gasteiger partial charge < -0.3 is 10.2 Å². The molecule has 0 radical (unpaired) electrons. The molecule has 0 amide bonds. The van der Waals surface area contributed by atoms with Crippen LogP contribution in [-0.2, 0) is 28.9 Å². The van der Waals surface area contributed by atoms with Crippen LogP contribution in [0.15, 0.2) is 91.0 Å². The van der Waals surface area contributed by atoms with Gasteiger partial charge in [-0.2, -0.15) is 0 Å². The number of hydrogen-bond donors (Lipinski definition) is 2. The molecule has 0 spiro atoms. The molecule has 0 bridgehead atoms. The van der Waals surface area contributed by atoms with Crippen molar-refractivity contribution in [2.24, 2.45) is 5.92 Å². The lowest BCUT2D eigenvalue weighted by atomic mass is 9.95. The van der Waals surface area contributed by atoms with Crippen molar-refractivity contribution in [3.8, 4) is 0 Å². The first-order chi connectivity index (χ1) is 17.0. The highest BCUT2D eigenvalue weighted by Gasteiger charge is 2.16. The lowest BCUT2D eigenvalue weighted by Crippen LogP contribution is -2.14. The summed E-state index contributed by atoms with van der Waals surface area (Å²) in [5.74, 6) is -1.75. The van der Waals surface area contributed by atoms with E-state index >= 15 is 0 Å². The summed E-state index contributed by atoms with van der Waals surface area (Å²) >= 11 is 0. The predicted molar refractivity (Wildman–Crippen MR) is 142 cm³/mol. The number of unbranched alkanes of at least 4 members (excludes halogenated alkanes) is 1. The van der Waals surface area contributed by atoms with Crippen LogP contribution in [0.2, 0.25) is 0 Å². The van der Waals surface area contributed by atoms with Gasteiger partial charge in [0.05, 0.1) is 5.92 Å². The smallest absolute Gasteiger partial charge is 0.328 e. The van der Waals surface area contributed by atoms with Crippen molar-refractivity contribution in [1.29, 1.82) is 0 Å². The summed E-state index contributed by atoms with van der Waals surface area (Å²) in [5, 5.41) is 17.8. The second-order valence-corrected chi connectivity index (χ2v) is 8.56. The minimum absolute atomic E-state index is 0.180. The van der Waals surface area contributed by atoms with Gasteiger partial charge >= 0.3 is 11.9 Å². The Labute approximate surface area is 209 Å². The topological polar surface area (TPSA) is 74.6 Å². The van der Waals surface area contributed by atoms with Crippen LogP contribution in [0.5, 0.6) is 0 Å². The van der Waals surface area contributed by atoms with E-state index in [1.165, 1.54) is 22.8 Å². The van der Waals surface area contributed by atoms with Crippen LogP contribution in [-0.4, -0.2) is 22.2 Å². The van der Waals surface area contributed by atoms with E-state index in [0.29, 0.717) is 0 Å². The zero-order valence-corrected chi connectivity index (χ0v) is 20.5. The Morgan fingerprint density at radius 1 is 0.743 bits per heavy atom. The number of carboxylic acids is 2. The fourth-order valence-electron chi connectivity index (χ4n) is 3.84. The first kappa shape index (κ1) is 27.6. The maximum absolute atomic E-state index is 11.0. The van der Waals surface area contributed by atoms with Crippen LogP contribution in [0.1, 0.15) is 54.9 Å². The van der Waals surface area contributed by atoms with Crippen LogP contribution in [0, 0.1) is 5.92 Å². The Hall–Kier alpha value is -3.66. The largest absolute Gasteiger partial charge is 0.481 e. The standard InChI is InChI=1S/C17H16O2.C14H20O2/c18-17(19)13-12-16-9-5-4-8-15(16)11-10-14-6-2-1-3-7-14;1-2-3-9-13(14(15)16)11-10-12-7-5-4-6-8-12/h1-9,12-13H,10-11H2,(H,18,19);4-8,13H,2-3,9-11H2,1H3,(H,15,16)/b13-12+;. The van der Waals surface area contributed by atoms with Gasteiger partial charge in [0.1, 0.15) is 0 Å². The molecule has 0 saturated heterocycles. The van der Waals surface area contributed by atoms with Crippen molar-refractivity contribution in [2.75, 3.05) is 0 Å². The Balaban J connectivity index is 0.000000251. The molecule has 184 valence electrons. The summed E-state index contributed by atoms with van der Waals surface area (Å²) in [7, 11) is 0. The number of rotatable bonds is 12. The highest BCUT2D eigenvalue weighted by molar-refractivity contribution is 5.85. The van der Waals surface area contributed by atoms with Gasteiger partial charge in [0.15, 0.2) is 0 Å². The number of carboxylic acid groups (broad SMARTS) is 2. The normalized spacial score (nSPS) is 11.5. The molecular formula is C31H36O4. The summed E-state index contributed by atoms with van der Waals surface area (Å²) in [4.78, 5) is 21.6. The van der Waals surface area contributed by atoms with Gasteiger partial charge in [-0.1, -0.05) is 105 Å². The number of hydrogen-bond acceptors (Lipinski definition) is 2. The van der Waals surface area contributed by atoms with Gasteiger partial charge in [0.25, 0.3) is 0 Å². The Bertz CT molecular complexity index is 1040. The third-order valence-electron chi connectivity index (χ3n) is 5.87. The van der Waals surface area contributed by atoms with Gasteiger partial charge in [-0.15, -0.1) is 0 Å². The average Bonchev–Trinajstić information content (AvgIpc) is 2.88. The molecule has 3 rings (SSSR count).